The van der Waals surface area contributed by atoms with Gasteiger partial charge in [-0.15, -0.1) is 0 Å². The molecule has 0 saturated carbocycles. The van der Waals surface area contributed by atoms with Gasteiger partial charge >= 0.3 is 0 Å². The highest BCUT2D eigenvalue weighted by molar-refractivity contribution is 5.92. The summed E-state index contributed by atoms with van der Waals surface area (Å²) >= 11 is 0. The molecule has 2 amide bonds. The van der Waals surface area contributed by atoms with Crippen LogP contribution in [0.25, 0.3) is 0 Å². The van der Waals surface area contributed by atoms with Crippen molar-refractivity contribution in [3.05, 3.63) is 82.8 Å². The fraction of sp³-hybridized carbons (Fsp3) is 0.250. The number of amides is 2. The molecular weight excluding hydrogens is 380 g/mol. The highest BCUT2D eigenvalue weighted by Crippen LogP contribution is 2.24. The van der Waals surface area contributed by atoms with Crippen molar-refractivity contribution in [1.29, 1.82) is 0 Å². The van der Waals surface area contributed by atoms with Gasteiger partial charge in [-0.1, -0.05) is 12.1 Å². The lowest BCUT2D eigenvalue weighted by atomic mass is 9.99. The SMILES string of the molecule is Cc1cc(C)cc(OCC(=O)Nc2ccc3c(c2)CN(C(=O)c2ccco2)CC3)c1. The number of hydrogen-bond donors (Lipinski definition) is 1. The normalized spacial score (nSPS) is 12.9. The van der Waals surface area contributed by atoms with Crippen LogP contribution in [0.15, 0.2) is 59.2 Å². The molecule has 0 unspecified atom stereocenters. The maximum atomic E-state index is 12.5. The number of rotatable bonds is 5. The monoisotopic (exact) mass is 404 g/mol. The van der Waals surface area contributed by atoms with Crippen molar-refractivity contribution in [1.82, 2.24) is 4.90 Å². The van der Waals surface area contributed by atoms with Crippen molar-refractivity contribution in [2.24, 2.45) is 0 Å². The van der Waals surface area contributed by atoms with Crippen LogP contribution < -0.4 is 10.1 Å². The molecule has 0 atom stereocenters. The number of fused-ring (bicyclic) bond motifs is 1. The summed E-state index contributed by atoms with van der Waals surface area (Å²) in [5.41, 5.74) is 5.08. The summed E-state index contributed by atoms with van der Waals surface area (Å²) in [4.78, 5) is 26.6. The van der Waals surface area contributed by atoms with Gasteiger partial charge in [0.15, 0.2) is 12.4 Å². The van der Waals surface area contributed by atoms with Gasteiger partial charge in [0.2, 0.25) is 0 Å². The van der Waals surface area contributed by atoms with Crippen molar-refractivity contribution in [2.75, 3.05) is 18.5 Å². The van der Waals surface area contributed by atoms with E-state index in [2.05, 4.69) is 11.4 Å². The number of carbonyl (C=O) groups excluding carboxylic acids is 2. The summed E-state index contributed by atoms with van der Waals surface area (Å²) < 4.78 is 10.9. The summed E-state index contributed by atoms with van der Waals surface area (Å²) in [6.45, 7) is 5.04. The molecule has 1 aliphatic rings. The fourth-order valence-electron chi connectivity index (χ4n) is 3.73. The van der Waals surface area contributed by atoms with Gasteiger partial charge in [-0.05, 0) is 78.9 Å². The highest BCUT2D eigenvalue weighted by atomic mass is 16.5. The van der Waals surface area contributed by atoms with E-state index in [-0.39, 0.29) is 18.4 Å². The van der Waals surface area contributed by atoms with E-state index in [0.717, 1.165) is 23.1 Å². The molecule has 2 heterocycles. The van der Waals surface area contributed by atoms with Crippen LogP contribution in [-0.2, 0) is 17.8 Å². The average molecular weight is 404 g/mol. The zero-order valence-corrected chi connectivity index (χ0v) is 17.1. The van der Waals surface area contributed by atoms with E-state index >= 15 is 0 Å². The summed E-state index contributed by atoms with van der Waals surface area (Å²) in [6.07, 6.45) is 2.27. The van der Waals surface area contributed by atoms with E-state index in [0.29, 0.717) is 30.3 Å². The standard InChI is InChI=1S/C24H24N2O4/c1-16-10-17(2)12-21(11-16)30-15-23(27)25-20-6-5-18-7-8-26(14-19(18)13-20)24(28)22-4-3-9-29-22/h3-6,9-13H,7-8,14-15H2,1-2H3,(H,25,27). The minimum atomic E-state index is -0.228. The number of furan rings is 1. The van der Waals surface area contributed by atoms with Crippen molar-refractivity contribution in [3.8, 4) is 5.75 Å². The maximum absolute atomic E-state index is 12.5. The number of hydrogen-bond acceptors (Lipinski definition) is 4. The third-order valence-electron chi connectivity index (χ3n) is 5.09. The van der Waals surface area contributed by atoms with E-state index in [1.165, 1.54) is 11.8 Å². The van der Waals surface area contributed by atoms with E-state index in [1.54, 1.807) is 17.0 Å². The number of aryl methyl sites for hydroxylation is 2. The summed E-state index contributed by atoms with van der Waals surface area (Å²) in [5.74, 6) is 0.669. The number of carbonyl (C=O) groups is 2. The molecule has 0 fully saturated rings. The highest BCUT2D eigenvalue weighted by Gasteiger charge is 2.23. The van der Waals surface area contributed by atoms with Gasteiger partial charge < -0.3 is 19.4 Å². The lowest BCUT2D eigenvalue weighted by Crippen LogP contribution is -2.35. The van der Waals surface area contributed by atoms with Crippen LogP contribution in [0.2, 0.25) is 0 Å². The van der Waals surface area contributed by atoms with Crippen LogP contribution in [0.3, 0.4) is 0 Å². The second kappa shape index (κ2) is 8.45. The summed E-state index contributed by atoms with van der Waals surface area (Å²) in [7, 11) is 0. The second-order valence-electron chi connectivity index (χ2n) is 7.60. The molecule has 0 radical (unpaired) electrons. The molecule has 2 aromatic carbocycles. The Morgan fingerprint density at radius 2 is 1.87 bits per heavy atom. The lowest BCUT2D eigenvalue weighted by molar-refractivity contribution is -0.118. The fourth-order valence-corrected chi connectivity index (χ4v) is 3.73. The van der Waals surface area contributed by atoms with Crippen LogP contribution in [-0.4, -0.2) is 29.9 Å². The quantitative estimate of drug-likeness (QED) is 0.695. The van der Waals surface area contributed by atoms with Crippen molar-refractivity contribution in [2.45, 2.75) is 26.8 Å². The number of anilines is 1. The molecule has 0 aliphatic carbocycles. The van der Waals surface area contributed by atoms with Crippen molar-refractivity contribution < 1.29 is 18.7 Å². The molecule has 3 aromatic rings. The maximum Gasteiger partial charge on any atom is 0.289 e. The zero-order chi connectivity index (χ0) is 21.1. The molecular formula is C24H24N2O4. The molecule has 6 heteroatoms. The van der Waals surface area contributed by atoms with Crippen molar-refractivity contribution in [3.63, 3.8) is 0 Å². The smallest absolute Gasteiger partial charge is 0.289 e. The Bertz CT molecular complexity index is 1050. The van der Waals surface area contributed by atoms with Crippen LogP contribution in [0.4, 0.5) is 5.69 Å². The Balaban J connectivity index is 1.38. The molecule has 6 nitrogen and oxygen atoms in total. The van der Waals surface area contributed by atoms with E-state index in [4.69, 9.17) is 9.15 Å². The van der Waals surface area contributed by atoms with Crippen LogP contribution >= 0.6 is 0 Å². The van der Waals surface area contributed by atoms with Gasteiger partial charge in [-0.2, -0.15) is 0 Å². The first-order chi connectivity index (χ1) is 14.5. The van der Waals surface area contributed by atoms with Gasteiger partial charge in [0.1, 0.15) is 5.75 Å². The number of ether oxygens (including phenoxy) is 1. The van der Waals surface area contributed by atoms with Crippen LogP contribution in [0.5, 0.6) is 5.75 Å². The Labute approximate surface area is 175 Å². The zero-order valence-electron chi connectivity index (χ0n) is 17.1. The number of nitrogens with one attached hydrogen (secondary N) is 1. The molecule has 1 aromatic heterocycles. The predicted octanol–water partition coefficient (Wildman–Crippen LogP) is 4.11. The number of benzene rings is 2. The van der Waals surface area contributed by atoms with Gasteiger partial charge in [-0.25, -0.2) is 0 Å². The van der Waals surface area contributed by atoms with Crippen LogP contribution in [0, 0.1) is 13.8 Å². The molecule has 30 heavy (non-hydrogen) atoms. The molecule has 0 saturated heterocycles. The topological polar surface area (TPSA) is 71.8 Å². The Morgan fingerprint density at radius 3 is 2.60 bits per heavy atom. The van der Waals surface area contributed by atoms with Gasteiger partial charge in [0, 0.05) is 18.8 Å². The third kappa shape index (κ3) is 4.54. The van der Waals surface area contributed by atoms with Gasteiger partial charge in [0.05, 0.1) is 6.26 Å². The molecule has 1 N–H and O–H groups in total. The largest absolute Gasteiger partial charge is 0.484 e. The van der Waals surface area contributed by atoms with Crippen LogP contribution in [0.1, 0.15) is 32.8 Å². The lowest BCUT2D eigenvalue weighted by Gasteiger charge is -2.28. The Morgan fingerprint density at radius 1 is 1.07 bits per heavy atom. The molecule has 1 aliphatic heterocycles. The minimum absolute atomic E-state index is 0.0664. The molecule has 4 rings (SSSR count). The first-order valence-corrected chi connectivity index (χ1v) is 9.93. The summed E-state index contributed by atoms with van der Waals surface area (Å²) in [6, 6.07) is 15.1. The second-order valence-corrected chi connectivity index (χ2v) is 7.60. The van der Waals surface area contributed by atoms with Crippen molar-refractivity contribution >= 4 is 17.5 Å². The molecule has 154 valence electrons. The van der Waals surface area contributed by atoms with E-state index in [1.807, 2.05) is 44.2 Å². The number of nitrogens with zero attached hydrogens (tertiary/aromatic N) is 1. The molecule has 0 bridgehead atoms. The minimum Gasteiger partial charge on any atom is -0.484 e. The third-order valence-corrected chi connectivity index (χ3v) is 5.09. The Hall–Kier alpha value is -3.54. The van der Waals surface area contributed by atoms with E-state index in [9.17, 15) is 9.59 Å². The average Bonchev–Trinajstić information content (AvgIpc) is 3.25. The first-order valence-electron chi connectivity index (χ1n) is 9.93. The summed E-state index contributed by atoms with van der Waals surface area (Å²) in [5, 5.41) is 2.88. The first kappa shape index (κ1) is 19.8. The Kier molecular flexibility index (Phi) is 5.57. The van der Waals surface area contributed by atoms with Gasteiger partial charge in [-0.3, -0.25) is 9.59 Å². The predicted molar refractivity (Wildman–Crippen MR) is 114 cm³/mol. The van der Waals surface area contributed by atoms with E-state index < -0.39 is 0 Å². The van der Waals surface area contributed by atoms with Gasteiger partial charge in [0.25, 0.3) is 11.8 Å². The molecule has 0 spiro atoms.